The Morgan fingerprint density at radius 3 is 2.60 bits per heavy atom. The molecule has 1 heterocycles. The van der Waals surface area contributed by atoms with Gasteiger partial charge in [-0.05, 0) is 59.3 Å². The number of carbonyl (C=O) groups is 2. The summed E-state index contributed by atoms with van der Waals surface area (Å²) in [4.78, 5) is 25.6. The van der Waals surface area contributed by atoms with Gasteiger partial charge in [0.2, 0.25) is 5.91 Å². The number of methoxy groups -OCH3 is 1. The summed E-state index contributed by atoms with van der Waals surface area (Å²) < 4.78 is 11.5. The van der Waals surface area contributed by atoms with Gasteiger partial charge >= 0.3 is 5.97 Å². The van der Waals surface area contributed by atoms with Crippen molar-refractivity contribution in [1.82, 2.24) is 4.90 Å². The first-order chi connectivity index (χ1) is 12.0. The fourth-order valence-electron chi connectivity index (χ4n) is 2.98. The van der Waals surface area contributed by atoms with Crippen LogP contribution in [0.25, 0.3) is 0 Å². The van der Waals surface area contributed by atoms with Gasteiger partial charge in [0.05, 0.1) is 24.1 Å². The molecule has 0 spiro atoms. The molecule has 1 saturated heterocycles. The van der Waals surface area contributed by atoms with Crippen molar-refractivity contribution in [1.29, 1.82) is 0 Å². The first kappa shape index (κ1) is 19.8. The second kappa shape index (κ2) is 9.80. The lowest BCUT2D eigenvalue weighted by Crippen LogP contribution is -2.40. The number of carbonyl (C=O) groups excluding carboxylic acids is 2. The normalized spacial score (nSPS) is 15.1. The molecule has 0 saturated carbocycles. The number of rotatable bonds is 7. The molecule has 5 nitrogen and oxygen atoms in total. The molecule has 0 bridgehead atoms. The number of halogens is 1. The van der Waals surface area contributed by atoms with Crippen LogP contribution in [0.3, 0.4) is 0 Å². The van der Waals surface area contributed by atoms with Gasteiger partial charge in [-0.3, -0.25) is 9.59 Å². The summed E-state index contributed by atoms with van der Waals surface area (Å²) in [7, 11) is 1.41. The lowest BCUT2D eigenvalue weighted by Gasteiger charge is -2.30. The van der Waals surface area contributed by atoms with Crippen molar-refractivity contribution in [3.63, 3.8) is 0 Å². The molecule has 1 aliphatic rings. The van der Waals surface area contributed by atoms with Gasteiger partial charge < -0.3 is 14.4 Å². The smallest absolute Gasteiger partial charge is 0.308 e. The van der Waals surface area contributed by atoms with Crippen LogP contribution in [0.2, 0.25) is 0 Å². The number of likely N-dealkylation sites (tertiary alicyclic amines) is 1. The third-order valence-corrected chi connectivity index (χ3v) is 5.20. The fourth-order valence-corrected chi connectivity index (χ4v) is 3.52. The predicted molar refractivity (Wildman–Crippen MR) is 99.6 cm³/mol. The van der Waals surface area contributed by atoms with Gasteiger partial charge in [-0.2, -0.15) is 0 Å². The van der Waals surface area contributed by atoms with Crippen molar-refractivity contribution in [3.8, 4) is 5.75 Å². The second-order valence-electron chi connectivity index (χ2n) is 6.25. The summed E-state index contributed by atoms with van der Waals surface area (Å²) in [6.07, 6.45) is 3.50. The predicted octanol–water partition coefficient (Wildman–Crippen LogP) is 3.58. The minimum atomic E-state index is -0.167. The van der Waals surface area contributed by atoms with Gasteiger partial charge in [0.15, 0.2) is 0 Å². The number of amides is 1. The van der Waals surface area contributed by atoms with Crippen molar-refractivity contribution < 1.29 is 19.1 Å². The average molecular weight is 412 g/mol. The van der Waals surface area contributed by atoms with E-state index in [0.29, 0.717) is 45.4 Å². The van der Waals surface area contributed by atoms with Crippen molar-refractivity contribution in [2.24, 2.45) is 5.92 Å². The molecule has 1 aliphatic heterocycles. The minimum Gasteiger partial charge on any atom is -0.492 e. The van der Waals surface area contributed by atoms with E-state index < -0.39 is 0 Å². The Bertz CT molecular complexity index is 597. The van der Waals surface area contributed by atoms with Crippen LogP contribution in [0, 0.1) is 5.92 Å². The number of piperidine rings is 1. The summed E-state index contributed by atoms with van der Waals surface area (Å²) >= 11 is 3.52. The van der Waals surface area contributed by atoms with Crippen LogP contribution in [0.15, 0.2) is 22.7 Å². The summed E-state index contributed by atoms with van der Waals surface area (Å²) in [6.45, 7) is 3.88. The number of hydrogen-bond donors (Lipinski definition) is 0. The molecular formula is C19H26BrNO4. The third-order valence-electron chi connectivity index (χ3n) is 4.58. The molecule has 6 heteroatoms. The Morgan fingerprint density at radius 1 is 1.28 bits per heavy atom. The molecule has 0 atom stereocenters. The van der Waals surface area contributed by atoms with E-state index in [0.717, 1.165) is 16.6 Å². The minimum absolute atomic E-state index is 0.0687. The molecule has 0 aromatic heterocycles. The zero-order chi connectivity index (χ0) is 18.2. The highest BCUT2D eigenvalue weighted by molar-refractivity contribution is 9.10. The van der Waals surface area contributed by atoms with E-state index in [1.807, 2.05) is 11.0 Å². The molecule has 1 amide bonds. The van der Waals surface area contributed by atoms with Gasteiger partial charge in [-0.25, -0.2) is 0 Å². The molecule has 1 aromatic carbocycles. The van der Waals surface area contributed by atoms with Gasteiger partial charge in [0, 0.05) is 19.5 Å². The molecule has 0 radical (unpaired) electrons. The molecule has 1 aromatic rings. The molecule has 0 aliphatic carbocycles. The average Bonchev–Trinajstić information content (AvgIpc) is 2.65. The number of benzene rings is 1. The maximum absolute atomic E-state index is 12.3. The van der Waals surface area contributed by atoms with Crippen molar-refractivity contribution in [2.45, 2.75) is 39.0 Å². The zero-order valence-corrected chi connectivity index (χ0v) is 16.5. The number of aryl methyl sites for hydroxylation is 1. The largest absolute Gasteiger partial charge is 0.492 e. The van der Waals surface area contributed by atoms with Crippen molar-refractivity contribution >= 4 is 27.8 Å². The van der Waals surface area contributed by atoms with Crippen molar-refractivity contribution in [3.05, 3.63) is 28.2 Å². The SMILES string of the molecule is CCc1ccc(OCCCC(=O)N2CCC(C(=O)OC)CC2)c(Br)c1. The number of esters is 1. The monoisotopic (exact) mass is 411 g/mol. The summed E-state index contributed by atoms with van der Waals surface area (Å²) in [5, 5.41) is 0. The van der Waals surface area contributed by atoms with Crippen LogP contribution in [-0.2, 0) is 20.7 Å². The zero-order valence-electron chi connectivity index (χ0n) is 14.9. The standard InChI is InChI=1S/C19H26BrNO4/c1-3-14-6-7-17(16(20)13-14)25-12-4-5-18(22)21-10-8-15(9-11-21)19(23)24-2/h6-7,13,15H,3-5,8-12H2,1-2H3. The number of hydrogen-bond acceptors (Lipinski definition) is 4. The fraction of sp³-hybridized carbons (Fsp3) is 0.579. The summed E-state index contributed by atoms with van der Waals surface area (Å²) in [5.41, 5.74) is 1.25. The molecule has 2 rings (SSSR count). The third kappa shape index (κ3) is 5.73. The Hall–Kier alpha value is -1.56. The summed E-state index contributed by atoms with van der Waals surface area (Å²) in [5.74, 6) is 0.705. The molecule has 138 valence electrons. The Balaban J connectivity index is 1.68. The van der Waals surface area contributed by atoms with Crippen LogP contribution in [0.5, 0.6) is 5.75 Å². The highest BCUT2D eigenvalue weighted by Gasteiger charge is 2.27. The highest BCUT2D eigenvalue weighted by atomic mass is 79.9. The van der Waals surface area contributed by atoms with E-state index in [9.17, 15) is 9.59 Å². The quantitative estimate of drug-likeness (QED) is 0.508. The summed E-state index contributed by atoms with van der Waals surface area (Å²) in [6, 6.07) is 6.07. The van der Waals surface area contributed by atoms with Crippen LogP contribution >= 0.6 is 15.9 Å². The van der Waals surface area contributed by atoms with Crippen LogP contribution in [0.4, 0.5) is 0 Å². The first-order valence-electron chi connectivity index (χ1n) is 8.82. The number of ether oxygens (including phenoxy) is 2. The van der Waals surface area contributed by atoms with Crippen LogP contribution < -0.4 is 4.74 Å². The lowest BCUT2D eigenvalue weighted by atomic mass is 9.97. The molecule has 0 unspecified atom stereocenters. The molecule has 25 heavy (non-hydrogen) atoms. The van der Waals surface area contributed by atoms with Gasteiger partial charge in [-0.15, -0.1) is 0 Å². The highest BCUT2D eigenvalue weighted by Crippen LogP contribution is 2.26. The lowest BCUT2D eigenvalue weighted by molar-refractivity contribution is -0.148. The maximum Gasteiger partial charge on any atom is 0.308 e. The Morgan fingerprint density at radius 2 is 2.00 bits per heavy atom. The molecular weight excluding hydrogens is 386 g/mol. The van der Waals surface area contributed by atoms with E-state index >= 15 is 0 Å². The van der Waals surface area contributed by atoms with E-state index in [1.54, 1.807) is 0 Å². The van der Waals surface area contributed by atoms with E-state index in [4.69, 9.17) is 9.47 Å². The van der Waals surface area contributed by atoms with Crippen LogP contribution in [-0.4, -0.2) is 43.6 Å². The van der Waals surface area contributed by atoms with Gasteiger partial charge in [-0.1, -0.05) is 13.0 Å². The topological polar surface area (TPSA) is 55.8 Å². The Kier molecular flexibility index (Phi) is 7.75. The van der Waals surface area contributed by atoms with E-state index in [-0.39, 0.29) is 17.8 Å². The first-order valence-corrected chi connectivity index (χ1v) is 9.61. The second-order valence-corrected chi connectivity index (χ2v) is 7.10. The van der Waals surface area contributed by atoms with Crippen LogP contribution in [0.1, 0.15) is 38.2 Å². The molecule has 0 N–H and O–H groups in total. The van der Waals surface area contributed by atoms with Gasteiger partial charge in [0.25, 0.3) is 0 Å². The van der Waals surface area contributed by atoms with Gasteiger partial charge in [0.1, 0.15) is 5.75 Å². The van der Waals surface area contributed by atoms with Crippen molar-refractivity contribution in [2.75, 3.05) is 26.8 Å². The van der Waals surface area contributed by atoms with E-state index in [2.05, 4.69) is 35.0 Å². The maximum atomic E-state index is 12.3. The molecule has 1 fully saturated rings. The number of nitrogens with zero attached hydrogens (tertiary/aromatic N) is 1. The Labute approximate surface area is 157 Å². The van der Waals surface area contributed by atoms with E-state index in [1.165, 1.54) is 12.7 Å².